The molecule has 5 nitrogen and oxygen atoms in total. The zero-order valence-corrected chi connectivity index (χ0v) is 27.1. The van der Waals surface area contributed by atoms with E-state index in [2.05, 4.69) is 47.6 Å². The Balaban J connectivity index is 2.71. The highest BCUT2D eigenvalue weighted by molar-refractivity contribution is 5.92. The van der Waals surface area contributed by atoms with E-state index >= 15 is 0 Å². The average Bonchev–Trinajstić information content (AvgIpc) is 2.95. The number of aryl methyl sites for hydroxylation is 1. The molecule has 2 atom stereocenters. The number of rotatable bonds is 16. The first-order valence-corrected chi connectivity index (χ1v) is 15.9. The summed E-state index contributed by atoms with van der Waals surface area (Å²) >= 11 is 0. The number of ether oxygens (including phenoxy) is 2. The van der Waals surface area contributed by atoms with E-state index in [1.165, 1.54) is 0 Å². The maximum Gasteiger partial charge on any atom is 0.410 e. The van der Waals surface area contributed by atoms with Gasteiger partial charge in [-0.2, -0.15) is 0 Å². The summed E-state index contributed by atoms with van der Waals surface area (Å²) in [6.45, 7) is 18.1. The fourth-order valence-corrected chi connectivity index (χ4v) is 5.31. The van der Waals surface area contributed by atoms with Crippen LogP contribution in [-0.4, -0.2) is 36.7 Å². The fraction of sp³-hybridized carbons (Fsp3) is 0.611. The molecule has 228 valence electrons. The lowest BCUT2D eigenvalue weighted by Crippen LogP contribution is -2.38. The third kappa shape index (κ3) is 10.2. The monoisotopic (exact) mass is 565 g/mol. The molecular weight excluding hydrogens is 510 g/mol. The second kappa shape index (κ2) is 17.2. The first kappa shape index (κ1) is 34.4. The standard InChI is InChI=1S/C36H55NO4/c1-9-13-15-19-23-37(35(39)40-12-4)33(29-21-17-16-18-22-29)32-27(5)24-30(36(6,7)8)25-31(32)34(38)41-26-28(11-3)20-14-10-2/h16-18,21-22,24-25,28,33H,9-15,19-20,23,26H2,1-8H3. The molecule has 0 aliphatic carbocycles. The molecule has 2 rings (SSSR count). The van der Waals surface area contributed by atoms with Crippen LogP contribution < -0.4 is 0 Å². The zero-order valence-electron chi connectivity index (χ0n) is 27.1. The van der Waals surface area contributed by atoms with Crippen molar-refractivity contribution >= 4 is 12.1 Å². The normalized spacial score (nSPS) is 13.0. The van der Waals surface area contributed by atoms with Crippen molar-refractivity contribution in [3.8, 4) is 0 Å². The topological polar surface area (TPSA) is 55.8 Å². The lowest BCUT2D eigenvalue weighted by atomic mass is 9.81. The minimum Gasteiger partial charge on any atom is -0.462 e. The van der Waals surface area contributed by atoms with Crippen LogP contribution in [0.3, 0.4) is 0 Å². The molecule has 0 saturated heterocycles. The van der Waals surface area contributed by atoms with Crippen molar-refractivity contribution in [2.24, 2.45) is 5.92 Å². The summed E-state index contributed by atoms with van der Waals surface area (Å²) in [5, 5.41) is 0. The van der Waals surface area contributed by atoms with E-state index in [0.29, 0.717) is 31.2 Å². The highest BCUT2D eigenvalue weighted by Gasteiger charge is 2.34. The van der Waals surface area contributed by atoms with E-state index in [4.69, 9.17) is 9.47 Å². The number of benzene rings is 2. The predicted octanol–water partition coefficient (Wildman–Crippen LogP) is 9.79. The number of hydrogen-bond acceptors (Lipinski definition) is 4. The molecule has 5 heteroatoms. The van der Waals surface area contributed by atoms with E-state index in [0.717, 1.165) is 73.6 Å². The fourth-order valence-electron chi connectivity index (χ4n) is 5.31. The average molecular weight is 566 g/mol. The quantitative estimate of drug-likeness (QED) is 0.150. The van der Waals surface area contributed by atoms with E-state index in [9.17, 15) is 9.59 Å². The molecule has 0 radical (unpaired) electrons. The van der Waals surface area contributed by atoms with Crippen LogP contribution in [-0.2, 0) is 14.9 Å². The summed E-state index contributed by atoms with van der Waals surface area (Å²) in [7, 11) is 0. The van der Waals surface area contributed by atoms with Gasteiger partial charge in [0.25, 0.3) is 0 Å². The van der Waals surface area contributed by atoms with Crippen molar-refractivity contribution in [1.82, 2.24) is 4.90 Å². The van der Waals surface area contributed by atoms with Gasteiger partial charge in [-0.1, -0.05) is 116 Å². The van der Waals surface area contributed by atoms with Crippen molar-refractivity contribution in [3.63, 3.8) is 0 Å². The van der Waals surface area contributed by atoms with Crippen LogP contribution in [0.2, 0.25) is 0 Å². The number of amides is 1. The maximum atomic E-state index is 14.0. The molecule has 1 amide bonds. The molecule has 2 aromatic rings. The molecule has 0 fully saturated rings. The van der Waals surface area contributed by atoms with Gasteiger partial charge in [-0.05, 0) is 66.3 Å². The number of nitrogens with zero attached hydrogens (tertiary/aromatic N) is 1. The van der Waals surface area contributed by atoms with Gasteiger partial charge in [0, 0.05) is 6.54 Å². The molecule has 0 aromatic heterocycles. The largest absolute Gasteiger partial charge is 0.462 e. The molecular formula is C36H55NO4. The van der Waals surface area contributed by atoms with E-state index < -0.39 is 6.04 Å². The Hall–Kier alpha value is -2.82. The second-order valence-corrected chi connectivity index (χ2v) is 12.3. The molecule has 0 heterocycles. The van der Waals surface area contributed by atoms with Gasteiger partial charge in [0.05, 0.1) is 24.8 Å². The Morgan fingerprint density at radius 2 is 1.56 bits per heavy atom. The highest BCUT2D eigenvalue weighted by atomic mass is 16.6. The number of unbranched alkanes of at least 4 members (excludes halogenated alkanes) is 4. The number of hydrogen-bond donors (Lipinski definition) is 0. The van der Waals surface area contributed by atoms with E-state index in [1.807, 2.05) is 55.1 Å². The number of esters is 1. The molecule has 2 aromatic carbocycles. The summed E-state index contributed by atoms with van der Waals surface area (Å²) in [5.74, 6) is 0.0219. The summed E-state index contributed by atoms with van der Waals surface area (Å²) in [6.07, 6.45) is 8.04. The molecule has 0 spiro atoms. The molecule has 0 aliphatic heterocycles. The highest BCUT2D eigenvalue weighted by Crippen LogP contribution is 2.37. The Morgan fingerprint density at radius 3 is 2.15 bits per heavy atom. The van der Waals surface area contributed by atoms with Gasteiger partial charge in [0.2, 0.25) is 0 Å². The minimum atomic E-state index is -0.476. The lowest BCUT2D eigenvalue weighted by Gasteiger charge is -2.34. The summed E-state index contributed by atoms with van der Waals surface area (Å²) in [6, 6.07) is 13.7. The molecule has 2 unspecified atom stereocenters. The lowest BCUT2D eigenvalue weighted by molar-refractivity contribution is 0.0422. The number of carbonyl (C=O) groups is 2. The summed E-state index contributed by atoms with van der Waals surface area (Å²) < 4.78 is 11.7. The van der Waals surface area contributed by atoms with Crippen molar-refractivity contribution in [3.05, 3.63) is 70.3 Å². The van der Waals surface area contributed by atoms with Gasteiger partial charge in [0.15, 0.2) is 0 Å². The van der Waals surface area contributed by atoms with Crippen LogP contribution in [0.4, 0.5) is 4.79 Å². The smallest absolute Gasteiger partial charge is 0.410 e. The maximum absolute atomic E-state index is 14.0. The van der Waals surface area contributed by atoms with Gasteiger partial charge < -0.3 is 9.47 Å². The van der Waals surface area contributed by atoms with Crippen molar-refractivity contribution < 1.29 is 19.1 Å². The van der Waals surface area contributed by atoms with Gasteiger partial charge in [-0.3, -0.25) is 4.90 Å². The van der Waals surface area contributed by atoms with E-state index in [1.54, 1.807) is 0 Å². The summed E-state index contributed by atoms with van der Waals surface area (Å²) in [4.78, 5) is 29.4. The van der Waals surface area contributed by atoms with Crippen LogP contribution >= 0.6 is 0 Å². The molecule has 0 saturated carbocycles. The first-order valence-electron chi connectivity index (χ1n) is 15.9. The van der Waals surface area contributed by atoms with Gasteiger partial charge in [0.1, 0.15) is 0 Å². The summed E-state index contributed by atoms with van der Waals surface area (Å²) in [5.41, 5.74) is 4.19. The third-order valence-electron chi connectivity index (χ3n) is 7.92. The molecule has 0 bridgehead atoms. The zero-order chi connectivity index (χ0) is 30.4. The molecule has 0 N–H and O–H groups in total. The Kier molecular flexibility index (Phi) is 14.4. The van der Waals surface area contributed by atoms with E-state index in [-0.39, 0.29) is 17.5 Å². The second-order valence-electron chi connectivity index (χ2n) is 12.3. The van der Waals surface area contributed by atoms with Crippen LogP contribution in [0, 0.1) is 12.8 Å². The third-order valence-corrected chi connectivity index (χ3v) is 7.92. The van der Waals surface area contributed by atoms with Crippen LogP contribution in [0.5, 0.6) is 0 Å². The first-order chi connectivity index (χ1) is 19.6. The van der Waals surface area contributed by atoms with Crippen molar-refractivity contribution in [2.45, 2.75) is 118 Å². The molecule has 0 aliphatic rings. The van der Waals surface area contributed by atoms with Crippen LogP contribution in [0.25, 0.3) is 0 Å². The van der Waals surface area contributed by atoms with Crippen molar-refractivity contribution in [2.75, 3.05) is 19.8 Å². The van der Waals surface area contributed by atoms with Gasteiger partial charge in [-0.15, -0.1) is 0 Å². The predicted molar refractivity (Wildman–Crippen MR) is 170 cm³/mol. The van der Waals surface area contributed by atoms with Crippen LogP contribution in [0.1, 0.15) is 138 Å². The Labute approximate surface area is 250 Å². The Bertz CT molecular complexity index is 1070. The number of carbonyl (C=O) groups excluding carboxylic acids is 2. The van der Waals surface area contributed by atoms with Crippen molar-refractivity contribution in [1.29, 1.82) is 0 Å². The molecule has 41 heavy (non-hydrogen) atoms. The van der Waals surface area contributed by atoms with Gasteiger partial charge in [-0.25, -0.2) is 9.59 Å². The SMILES string of the molecule is CCCCCCN(C(=O)OCC)C(c1ccccc1)c1c(C)cc(C(C)(C)C)cc1C(=O)OCC(CC)CCCC. The van der Waals surface area contributed by atoms with Crippen LogP contribution in [0.15, 0.2) is 42.5 Å². The Morgan fingerprint density at radius 1 is 0.878 bits per heavy atom. The minimum absolute atomic E-state index is 0.158. The van der Waals surface area contributed by atoms with Gasteiger partial charge >= 0.3 is 12.1 Å².